The molecular weight excluding hydrogens is 373 g/mol. The Kier molecular flexibility index (Phi) is 5.18. The van der Waals surface area contributed by atoms with Gasteiger partial charge in [-0.25, -0.2) is 14.2 Å². The first-order valence-electron chi connectivity index (χ1n) is 7.67. The van der Waals surface area contributed by atoms with Gasteiger partial charge in [0.1, 0.15) is 33.7 Å². The van der Waals surface area contributed by atoms with Crippen LogP contribution in [0.5, 0.6) is 11.5 Å². The summed E-state index contributed by atoms with van der Waals surface area (Å²) in [5.74, 6) is -1.76. The molecule has 0 saturated heterocycles. The molecule has 1 aliphatic heterocycles. The van der Waals surface area contributed by atoms with E-state index >= 15 is 0 Å². The minimum atomic E-state index is -0.788. The highest BCUT2D eigenvalue weighted by atomic mass is 32.2. The van der Waals surface area contributed by atoms with Crippen molar-refractivity contribution in [2.45, 2.75) is 0 Å². The third kappa shape index (κ3) is 3.95. The highest BCUT2D eigenvalue weighted by Gasteiger charge is 2.33. The molecule has 0 aromatic heterocycles. The van der Waals surface area contributed by atoms with E-state index in [-0.39, 0.29) is 38.3 Å². The molecule has 27 heavy (non-hydrogen) atoms. The zero-order valence-electron chi connectivity index (χ0n) is 14.0. The number of carbonyl (C=O) groups excluding carboxylic acids is 1. The van der Waals surface area contributed by atoms with Crippen LogP contribution < -0.4 is 0 Å². The maximum Gasteiger partial charge on any atom is 0.344 e. The highest BCUT2D eigenvalue weighted by molar-refractivity contribution is 8.18. The number of aromatic hydroxyl groups is 2. The summed E-state index contributed by atoms with van der Waals surface area (Å²) < 4.78 is 17.8. The van der Waals surface area contributed by atoms with Gasteiger partial charge >= 0.3 is 5.97 Å². The van der Waals surface area contributed by atoms with Crippen LogP contribution in [0.1, 0.15) is 5.56 Å². The second-order valence-corrected chi connectivity index (χ2v) is 6.49. The topological polar surface area (TPSA) is 99.4 Å². The van der Waals surface area contributed by atoms with Gasteiger partial charge in [0.05, 0.1) is 17.7 Å². The molecule has 1 heterocycles. The number of halogens is 1. The third-order valence-electron chi connectivity index (χ3n) is 3.64. The second kappa shape index (κ2) is 7.55. The lowest BCUT2D eigenvalue weighted by Gasteiger charge is -2.02. The van der Waals surface area contributed by atoms with Crippen LogP contribution in [0.3, 0.4) is 0 Å². The fourth-order valence-electron chi connectivity index (χ4n) is 2.32. The number of carbonyl (C=O) groups is 1. The number of rotatable bonds is 3. The van der Waals surface area contributed by atoms with Crippen molar-refractivity contribution in [1.29, 1.82) is 0 Å². The molecule has 0 spiro atoms. The van der Waals surface area contributed by atoms with Crippen LogP contribution >= 0.6 is 11.8 Å². The number of hydrogen-bond donors (Lipinski definition) is 3. The lowest BCUT2D eigenvalue weighted by atomic mass is 10.1. The van der Waals surface area contributed by atoms with Crippen LogP contribution in [0.2, 0.25) is 0 Å². The number of aliphatic imine (C=N–C) groups is 1. The summed E-state index contributed by atoms with van der Waals surface area (Å²) in [6, 6.07) is 9.23. The summed E-state index contributed by atoms with van der Waals surface area (Å²) in [7, 11) is 1.17. The van der Waals surface area contributed by atoms with Crippen LogP contribution in [-0.4, -0.2) is 33.4 Å². The number of hydrogen-bond acceptors (Lipinski definition) is 7. The van der Waals surface area contributed by atoms with Crippen LogP contribution in [0.25, 0.3) is 6.08 Å². The van der Waals surface area contributed by atoms with E-state index in [1.807, 2.05) is 0 Å². The molecule has 6 nitrogen and oxygen atoms in total. The first kappa shape index (κ1) is 18.5. The normalized spacial score (nSPS) is 17.0. The number of thioether (sulfide) groups is 1. The van der Waals surface area contributed by atoms with Crippen LogP contribution in [0.4, 0.5) is 10.1 Å². The number of esters is 1. The molecule has 2 aromatic carbocycles. The molecule has 0 fully saturated rings. The number of phenolic OH excluding ortho intramolecular Hbond substituents is 2. The summed E-state index contributed by atoms with van der Waals surface area (Å²) in [6.45, 7) is 0. The van der Waals surface area contributed by atoms with Crippen LogP contribution in [0.15, 0.2) is 63.7 Å². The smallest absolute Gasteiger partial charge is 0.344 e. The summed E-state index contributed by atoms with van der Waals surface area (Å²) in [5.41, 5.74) is 0.489. The van der Waals surface area contributed by atoms with Crippen molar-refractivity contribution < 1.29 is 29.2 Å². The Morgan fingerprint density at radius 2 is 1.85 bits per heavy atom. The van der Waals surface area contributed by atoms with Crippen molar-refractivity contribution in [3.63, 3.8) is 0 Å². The van der Waals surface area contributed by atoms with Gasteiger partial charge in [0.2, 0.25) is 0 Å². The summed E-state index contributed by atoms with van der Waals surface area (Å²) in [5, 5.41) is 30.1. The molecule has 0 unspecified atom stereocenters. The fourth-order valence-corrected chi connectivity index (χ4v) is 3.35. The van der Waals surface area contributed by atoms with E-state index < -0.39 is 11.8 Å². The Hall–Kier alpha value is -3.26. The average molecular weight is 387 g/mol. The summed E-state index contributed by atoms with van der Waals surface area (Å²) in [4.78, 5) is 16.6. The zero-order valence-corrected chi connectivity index (χ0v) is 14.8. The molecule has 2 aromatic rings. The molecule has 0 radical (unpaired) electrons. The molecule has 0 aliphatic carbocycles. The predicted octanol–water partition coefficient (Wildman–Crippen LogP) is 4.04. The fraction of sp³-hybridized carbons (Fsp3) is 0.0526. The van der Waals surface area contributed by atoms with E-state index in [1.54, 1.807) is 0 Å². The molecule has 0 amide bonds. The predicted molar refractivity (Wildman–Crippen MR) is 101 cm³/mol. The lowest BCUT2D eigenvalue weighted by molar-refractivity contribution is -0.135. The number of phenols is 2. The van der Waals surface area contributed by atoms with Gasteiger partial charge in [-0.2, -0.15) is 0 Å². The quantitative estimate of drug-likeness (QED) is 0.543. The van der Waals surface area contributed by atoms with E-state index in [1.165, 1.54) is 55.7 Å². The summed E-state index contributed by atoms with van der Waals surface area (Å²) in [6.07, 6.45) is 1.41. The molecule has 0 saturated carbocycles. The van der Waals surface area contributed by atoms with Gasteiger partial charge in [-0.3, -0.25) is 0 Å². The minimum absolute atomic E-state index is 0.0699. The van der Waals surface area contributed by atoms with Gasteiger partial charge in [-0.1, -0.05) is 11.8 Å². The SMILES string of the molecule is COC(=O)C1=C(O)C(=Cc2cc(O)ccc2O)SC1=Nc1ccc(F)cc1. The molecule has 3 rings (SSSR count). The first-order chi connectivity index (χ1) is 12.9. The molecule has 0 bridgehead atoms. The first-order valence-corrected chi connectivity index (χ1v) is 8.49. The number of benzene rings is 2. The third-order valence-corrected chi connectivity index (χ3v) is 4.66. The van der Waals surface area contributed by atoms with Crippen molar-refractivity contribution in [2.75, 3.05) is 7.11 Å². The molecule has 0 atom stereocenters. The van der Waals surface area contributed by atoms with Gasteiger partial charge in [0.25, 0.3) is 0 Å². The molecule has 138 valence electrons. The number of methoxy groups -OCH3 is 1. The van der Waals surface area contributed by atoms with E-state index in [2.05, 4.69) is 4.99 Å². The average Bonchev–Trinajstić information content (AvgIpc) is 2.94. The molecule has 8 heteroatoms. The van der Waals surface area contributed by atoms with E-state index in [9.17, 15) is 24.5 Å². The van der Waals surface area contributed by atoms with Crippen LogP contribution in [-0.2, 0) is 9.53 Å². The van der Waals surface area contributed by atoms with Crippen molar-refractivity contribution in [1.82, 2.24) is 0 Å². The Labute approximate surface area is 157 Å². The number of ether oxygens (including phenoxy) is 1. The lowest BCUT2D eigenvalue weighted by Crippen LogP contribution is -2.10. The van der Waals surface area contributed by atoms with Crippen molar-refractivity contribution in [2.24, 2.45) is 4.99 Å². The molecular formula is C19H14FNO5S. The summed E-state index contributed by atoms with van der Waals surface area (Å²) >= 11 is 0.979. The van der Waals surface area contributed by atoms with Gasteiger partial charge in [0.15, 0.2) is 0 Å². The Bertz CT molecular complexity index is 996. The van der Waals surface area contributed by atoms with Gasteiger partial charge in [-0.15, -0.1) is 0 Å². The second-order valence-electron chi connectivity index (χ2n) is 5.46. The van der Waals surface area contributed by atoms with Crippen molar-refractivity contribution in [3.05, 3.63) is 70.1 Å². The number of aliphatic hydroxyl groups excluding tert-OH is 1. The van der Waals surface area contributed by atoms with Crippen molar-refractivity contribution >= 4 is 34.5 Å². The number of nitrogens with zero attached hydrogens (tertiary/aromatic N) is 1. The van der Waals surface area contributed by atoms with Crippen molar-refractivity contribution in [3.8, 4) is 11.5 Å². The standard InChI is InChI=1S/C19H14FNO5S/c1-26-19(25)16-17(24)15(9-10-8-13(22)6-7-14(10)23)27-18(16)21-12-4-2-11(20)3-5-12/h2-9,22-24H,1H3. The van der Waals surface area contributed by atoms with Gasteiger partial charge in [-0.05, 0) is 48.5 Å². The van der Waals surface area contributed by atoms with E-state index in [4.69, 9.17) is 4.74 Å². The Morgan fingerprint density at radius 3 is 2.52 bits per heavy atom. The number of aliphatic hydroxyl groups is 1. The monoisotopic (exact) mass is 387 g/mol. The van der Waals surface area contributed by atoms with Gasteiger partial charge < -0.3 is 20.1 Å². The van der Waals surface area contributed by atoms with E-state index in [0.717, 1.165) is 11.8 Å². The minimum Gasteiger partial charge on any atom is -0.508 e. The molecule has 3 N–H and O–H groups in total. The maximum absolute atomic E-state index is 13.1. The zero-order chi connectivity index (χ0) is 19.6. The van der Waals surface area contributed by atoms with Crippen LogP contribution in [0, 0.1) is 5.82 Å². The Morgan fingerprint density at radius 1 is 1.15 bits per heavy atom. The highest BCUT2D eigenvalue weighted by Crippen LogP contribution is 2.41. The largest absolute Gasteiger partial charge is 0.508 e. The Balaban J connectivity index is 2.07. The molecule has 1 aliphatic rings. The maximum atomic E-state index is 13.1. The van der Waals surface area contributed by atoms with E-state index in [0.29, 0.717) is 5.69 Å². The van der Waals surface area contributed by atoms with Gasteiger partial charge in [0, 0.05) is 5.56 Å².